The largest absolute Gasteiger partial charge is 0.511 e. The van der Waals surface area contributed by atoms with Crippen LogP contribution in [0, 0.1) is 17.8 Å². The summed E-state index contributed by atoms with van der Waals surface area (Å²) in [6.07, 6.45) is 2.24. The van der Waals surface area contributed by atoms with Gasteiger partial charge < -0.3 is 19.9 Å². The molecule has 0 saturated heterocycles. The molecular formula is C19H35NO7P+. The van der Waals surface area contributed by atoms with Crippen LogP contribution in [0.4, 0.5) is 4.79 Å². The van der Waals surface area contributed by atoms with Gasteiger partial charge in [0.05, 0.1) is 5.92 Å². The molecule has 4 atom stereocenters. The molecule has 1 aliphatic rings. The number of carbonyl (C=O) groups is 2. The number of hydrogen-bond acceptors (Lipinski definition) is 6. The fraction of sp³-hybridized carbons (Fsp3) is 0.895. The van der Waals surface area contributed by atoms with Crippen LogP contribution < -0.4 is 5.32 Å². The van der Waals surface area contributed by atoms with Crippen molar-refractivity contribution in [2.45, 2.75) is 84.3 Å². The summed E-state index contributed by atoms with van der Waals surface area (Å²) in [5, 5.41) is 12.9. The average molecular weight is 420 g/mol. The Morgan fingerprint density at radius 1 is 1.11 bits per heavy atom. The van der Waals surface area contributed by atoms with Gasteiger partial charge in [0.15, 0.2) is 0 Å². The van der Waals surface area contributed by atoms with E-state index in [2.05, 4.69) is 5.32 Å². The smallest absolute Gasteiger partial charge is 0.425 e. The van der Waals surface area contributed by atoms with Gasteiger partial charge in [-0.15, -0.1) is 0 Å². The lowest BCUT2D eigenvalue weighted by molar-refractivity contribution is -0.178. The molecule has 1 unspecified atom stereocenters. The van der Waals surface area contributed by atoms with E-state index in [0.29, 0.717) is 0 Å². The van der Waals surface area contributed by atoms with Crippen molar-refractivity contribution in [3.8, 4) is 0 Å². The maximum atomic E-state index is 12.0. The molecule has 0 aromatic heterocycles. The second-order valence-corrected chi connectivity index (χ2v) is 9.28. The summed E-state index contributed by atoms with van der Waals surface area (Å²) in [5.74, 6) is -0.970. The molecule has 8 nitrogen and oxygen atoms in total. The third-order valence-electron chi connectivity index (χ3n) is 4.96. The first-order chi connectivity index (χ1) is 13.1. The minimum absolute atomic E-state index is 0.0325. The molecule has 9 heteroatoms. The number of esters is 1. The average Bonchev–Trinajstić information content (AvgIpc) is 2.61. The maximum Gasteiger partial charge on any atom is 0.511 e. The molecule has 1 rings (SSSR count). The Kier molecular flexibility index (Phi) is 10.9. The first-order valence-corrected chi connectivity index (χ1v) is 11.4. The van der Waals surface area contributed by atoms with E-state index in [-0.39, 0.29) is 30.7 Å². The molecule has 1 fully saturated rings. The summed E-state index contributed by atoms with van der Waals surface area (Å²) < 4.78 is 22.1. The molecule has 162 valence electrons. The SMILES string of the molecule is CC(C)C(=O)O[C@H](OC(=O)NCC[C@H](O)[C@H](C1CCCCC1)[P+](=O)O)C(C)C. The molecule has 0 heterocycles. The van der Waals surface area contributed by atoms with Crippen molar-refractivity contribution in [2.75, 3.05) is 6.54 Å². The zero-order valence-corrected chi connectivity index (χ0v) is 18.2. The van der Waals surface area contributed by atoms with Crippen molar-refractivity contribution in [3.05, 3.63) is 0 Å². The molecule has 0 spiro atoms. The first-order valence-electron chi connectivity index (χ1n) is 10.1. The molecule has 0 aromatic carbocycles. The second kappa shape index (κ2) is 12.3. The standard InChI is InChI=1S/C19H34NO7P/c1-12(2)17(22)26-18(13(3)4)27-19(23)20-11-10-15(21)16(28(24)25)14-8-6-5-7-9-14/h12-16,18,21H,5-11H2,1-4H3,(H-,20,23,24,25)/p+1/t15-,16-,18+/m0/s1. The van der Waals surface area contributed by atoms with Crippen molar-refractivity contribution in [2.24, 2.45) is 17.8 Å². The van der Waals surface area contributed by atoms with Crippen LogP contribution in [0.3, 0.4) is 0 Å². The Labute approximate surface area is 168 Å². The van der Waals surface area contributed by atoms with Gasteiger partial charge in [-0.25, -0.2) is 4.79 Å². The molecule has 28 heavy (non-hydrogen) atoms. The monoisotopic (exact) mass is 420 g/mol. The molecule has 3 N–H and O–H groups in total. The summed E-state index contributed by atoms with van der Waals surface area (Å²) in [7, 11) is -2.50. The van der Waals surface area contributed by atoms with E-state index in [4.69, 9.17) is 9.47 Å². The Balaban J connectivity index is 2.47. The third kappa shape index (κ3) is 8.41. The zero-order valence-electron chi connectivity index (χ0n) is 17.3. The normalized spacial score (nSPS) is 19.1. The molecule has 1 aliphatic carbocycles. The van der Waals surface area contributed by atoms with Crippen molar-refractivity contribution in [1.82, 2.24) is 5.32 Å². The lowest BCUT2D eigenvalue weighted by atomic mass is 9.84. The summed E-state index contributed by atoms with van der Waals surface area (Å²) >= 11 is 0. The van der Waals surface area contributed by atoms with Gasteiger partial charge in [0.1, 0.15) is 6.10 Å². The van der Waals surface area contributed by atoms with Gasteiger partial charge in [0.2, 0.25) is 5.66 Å². The molecule has 1 saturated carbocycles. The first kappa shape index (κ1) is 24.8. The lowest BCUT2D eigenvalue weighted by Crippen LogP contribution is -2.38. The molecule has 0 aliphatic heterocycles. The van der Waals surface area contributed by atoms with E-state index in [1.165, 1.54) is 0 Å². The fourth-order valence-corrected chi connectivity index (χ4v) is 4.41. The van der Waals surface area contributed by atoms with Gasteiger partial charge in [-0.1, -0.05) is 47.0 Å². The highest BCUT2D eigenvalue weighted by atomic mass is 31.1. The van der Waals surface area contributed by atoms with Gasteiger partial charge in [-0.05, 0) is 23.8 Å². The number of aliphatic hydroxyl groups excluding tert-OH is 1. The van der Waals surface area contributed by atoms with Crippen molar-refractivity contribution in [1.29, 1.82) is 0 Å². The quantitative estimate of drug-likeness (QED) is 0.281. The zero-order chi connectivity index (χ0) is 21.3. The van der Waals surface area contributed by atoms with Crippen LogP contribution in [0.1, 0.15) is 66.2 Å². The van der Waals surface area contributed by atoms with Crippen LogP contribution in [0.2, 0.25) is 0 Å². The minimum atomic E-state index is -2.50. The molecule has 0 bridgehead atoms. The van der Waals surface area contributed by atoms with Crippen LogP contribution in [0.15, 0.2) is 0 Å². The van der Waals surface area contributed by atoms with Gasteiger partial charge in [0.25, 0.3) is 6.29 Å². The summed E-state index contributed by atoms with van der Waals surface area (Å²) in [6.45, 7) is 7.00. The predicted octanol–water partition coefficient (Wildman–Crippen LogP) is 3.33. The van der Waals surface area contributed by atoms with E-state index in [1.807, 2.05) is 0 Å². The Morgan fingerprint density at radius 2 is 1.71 bits per heavy atom. The van der Waals surface area contributed by atoms with Gasteiger partial charge in [-0.2, -0.15) is 4.89 Å². The van der Waals surface area contributed by atoms with Gasteiger partial charge in [-0.3, -0.25) is 4.79 Å². The Bertz CT molecular complexity index is 520. The Morgan fingerprint density at radius 3 is 2.21 bits per heavy atom. The van der Waals surface area contributed by atoms with Gasteiger partial charge >= 0.3 is 20.1 Å². The number of carbonyl (C=O) groups excluding carboxylic acids is 2. The van der Waals surface area contributed by atoms with E-state index in [1.54, 1.807) is 27.7 Å². The molecular weight excluding hydrogens is 385 g/mol. The number of rotatable bonds is 10. The van der Waals surface area contributed by atoms with Crippen molar-refractivity contribution < 1.29 is 33.6 Å². The van der Waals surface area contributed by atoms with Crippen LogP contribution in [0.25, 0.3) is 0 Å². The topological polar surface area (TPSA) is 122 Å². The molecule has 0 radical (unpaired) electrons. The van der Waals surface area contributed by atoms with E-state index >= 15 is 0 Å². The van der Waals surface area contributed by atoms with E-state index in [0.717, 1.165) is 32.1 Å². The fourth-order valence-electron chi connectivity index (χ4n) is 3.30. The number of amides is 1. The number of ether oxygens (including phenoxy) is 2. The summed E-state index contributed by atoms with van der Waals surface area (Å²) in [5.41, 5.74) is -0.677. The Hall–Kier alpha value is -1.24. The lowest BCUT2D eigenvalue weighted by Gasteiger charge is -2.26. The highest BCUT2D eigenvalue weighted by molar-refractivity contribution is 7.39. The van der Waals surface area contributed by atoms with Crippen LogP contribution in [0.5, 0.6) is 0 Å². The highest BCUT2D eigenvalue weighted by Gasteiger charge is 2.43. The minimum Gasteiger partial charge on any atom is -0.425 e. The predicted molar refractivity (Wildman–Crippen MR) is 105 cm³/mol. The highest BCUT2D eigenvalue weighted by Crippen LogP contribution is 2.40. The van der Waals surface area contributed by atoms with Crippen LogP contribution >= 0.6 is 8.03 Å². The van der Waals surface area contributed by atoms with Crippen molar-refractivity contribution in [3.63, 3.8) is 0 Å². The molecule has 1 amide bonds. The number of aliphatic hydroxyl groups is 1. The maximum absolute atomic E-state index is 12.0. The second-order valence-electron chi connectivity index (χ2n) is 8.08. The number of alkyl carbamates (subject to hydrolysis) is 1. The third-order valence-corrected chi connectivity index (χ3v) is 6.24. The van der Waals surface area contributed by atoms with Gasteiger partial charge in [0, 0.05) is 18.4 Å². The van der Waals surface area contributed by atoms with Crippen LogP contribution in [-0.2, 0) is 18.8 Å². The van der Waals surface area contributed by atoms with E-state index in [9.17, 15) is 24.2 Å². The number of hydrogen-bond donors (Lipinski definition) is 3. The van der Waals surface area contributed by atoms with E-state index < -0.39 is 38.1 Å². The number of nitrogens with one attached hydrogen (secondary N) is 1. The van der Waals surface area contributed by atoms with Crippen LogP contribution in [-0.4, -0.2) is 46.7 Å². The summed E-state index contributed by atoms with van der Waals surface area (Å²) in [6, 6.07) is 0. The summed E-state index contributed by atoms with van der Waals surface area (Å²) in [4.78, 5) is 33.3. The van der Waals surface area contributed by atoms with Crippen molar-refractivity contribution >= 4 is 20.1 Å². The molecule has 0 aromatic rings.